The summed E-state index contributed by atoms with van der Waals surface area (Å²) in [7, 11) is 0. The number of fused-ring (bicyclic) bond motifs is 1. The summed E-state index contributed by atoms with van der Waals surface area (Å²) >= 11 is 0.940. The number of aromatic carboxylic acids is 1. The van der Waals surface area contributed by atoms with Gasteiger partial charge < -0.3 is 9.52 Å². The average molecular weight is 427 g/mol. The van der Waals surface area contributed by atoms with E-state index in [9.17, 15) is 23.5 Å². The van der Waals surface area contributed by atoms with E-state index >= 15 is 0 Å². The fourth-order valence-corrected chi connectivity index (χ4v) is 4.27. The van der Waals surface area contributed by atoms with Crippen molar-refractivity contribution in [2.24, 2.45) is 0 Å². The van der Waals surface area contributed by atoms with Crippen molar-refractivity contribution in [3.63, 3.8) is 0 Å². The molecule has 0 aliphatic rings. The van der Waals surface area contributed by atoms with Crippen LogP contribution in [-0.4, -0.2) is 21.8 Å². The van der Waals surface area contributed by atoms with E-state index < -0.39 is 23.4 Å². The lowest BCUT2D eigenvalue weighted by Gasteiger charge is -2.06. The predicted octanol–water partition coefficient (Wildman–Crippen LogP) is 5.57. The molecule has 8 heteroatoms. The molecule has 0 amide bonds. The fourth-order valence-electron chi connectivity index (χ4n) is 3.18. The van der Waals surface area contributed by atoms with Gasteiger partial charge in [-0.25, -0.2) is 18.6 Å². The van der Waals surface area contributed by atoms with Crippen LogP contribution in [0.25, 0.3) is 21.5 Å². The van der Waals surface area contributed by atoms with E-state index in [-0.39, 0.29) is 39.4 Å². The third kappa shape index (κ3) is 3.39. The lowest BCUT2D eigenvalue weighted by Crippen LogP contribution is -2.08. The molecular weight excluding hydrogens is 412 g/mol. The number of rotatable bonds is 5. The molecule has 1 N–H and O–H groups in total. The highest BCUT2D eigenvalue weighted by Gasteiger charge is 2.26. The van der Waals surface area contributed by atoms with Crippen molar-refractivity contribution in [1.82, 2.24) is 4.98 Å². The third-order valence-electron chi connectivity index (χ3n) is 4.73. The van der Waals surface area contributed by atoms with Crippen molar-refractivity contribution in [2.75, 3.05) is 0 Å². The van der Waals surface area contributed by atoms with E-state index in [0.29, 0.717) is 11.1 Å². The summed E-state index contributed by atoms with van der Waals surface area (Å²) in [6, 6.07) is 8.01. The van der Waals surface area contributed by atoms with Crippen molar-refractivity contribution in [3.05, 3.63) is 75.5 Å². The maximum absolute atomic E-state index is 14.4. The highest BCUT2D eigenvalue weighted by molar-refractivity contribution is 7.14. The van der Waals surface area contributed by atoms with Gasteiger partial charge in [0.05, 0.1) is 10.4 Å². The first-order valence-corrected chi connectivity index (χ1v) is 9.83. The second kappa shape index (κ2) is 7.46. The summed E-state index contributed by atoms with van der Waals surface area (Å²) in [4.78, 5) is 28.8. The average Bonchev–Trinajstić information content (AvgIpc) is 3.30. The van der Waals surface area contributed by atoms with Crippen molar-refractivity contribution in [3.8, 4) is 10.4 Å². The quantitative estimate of drug-likeness (QED) is 0.421. The van der Waals surface area contributed by atoms with Gasteiger partial charge in [0, 0.05) is 12.0 Å². The molecule has 0 fully saturated rings. The van der Waals surface area contributed by atoms with Gasteiger partial charge >= 0.3 is 5.97 Å². The maximum atomic E-state index is 14.4. The number of ketones is 1. The number of oxazole rings is 1. The number of aryl methyl sites for hydroxylation is 2. The molecule has 0 aliphatic carbocycles. The Balaban J connectivity index is 1.72. The highest BCUT2D eigenvalue weighted by atomic mass is 32.1. The molecule has 0 radical (unpaired) electrons. The lowest BCUT2D eigenvalue weighted by molar-refractivity contribution is 0.0697. The number of nitrogens with zero attached hydrogens (tertiary/aromatic N) is 1. The largest absolute Gasteiger partial charge is 0.478 e. The SMILES string of the molecule is Cc1ccc2oc(C(=O)Cc3csc(-c4ccc(C)c(F)c4F)c3C(=O)O)nc2c1. The molecular formula is C22H15F2NO4S. The van der Waals surface area contributed by atoms with Gasteiger partial charge in [0.1, 0.15) is 5.52 Å². The molecule has 152 valence electrons. The first kappa shape index (κ1) is 19.9. The molecule has 2 aromatic heterocycles. The van der Waals surface area contributed by atoms with Crippen LogP contribution in [0.4, 0.5) is 8.78 Å². The molecule has 0 saturated carbocycles. The Kier molecular flexibility index (Phi) is 4.95. The van der Waals surface area contributed by atoms with Gasteiger partial charge in [-0.05, 0) is 48.1 Å². The number of carboxylic acid groups (broad SMARTS) is 1. The molecule has 0 spiro atoms. The summed E-state index contributed by atoms with van der Waals surface area (Å²) in [6.45, 7) is 3.30. The number of aromatic nitrogens is 1. The Morgan fingerprint density at radius 3 is 2.63 bits per heavy atom. The van der Waals surface area contributed by atoms with Crippen molar-refractivity contribution in [1.29, 1.82) is 0 Å². The molecule has 2 heterocycles. The zero-order valence-corrected chi connectivity index (χ0v) is 16.8. The number of hydrogen-bond acceptors (Lipinski definition) is 5. The number of thiophene rings is 1. The van der Waals surface area contributed by atoms with Crippen LogP contribution in [0.3, 0.4) is 0 Å². The second-order valence-electron chi connectivity index (χ2n) is 6.92. The summed E-state index contributed by atoms with van der Waals surface area (Å²) in [6.07, 6.45) is -0.292. The van der Waals surface area contributed by atoms with Gasteiger partial charge in [0.25, 0.3) is 5.89 Å². The molecule has 0 unspecified atom stereocenters. The third-order valence-corrected chi connectivity index (χ3v) is 5.80. The minimum atomic E-state index is -1.33. The summed E-state index contributed by atoms with van der Waals surface area (Å²) < 4.78 is 33.9. The monoisotopic (exact) mass is 427 g/mol. The number of halogens is 2. The first-order valence-electron chi connectivity index (χ1n) is 8.95. The number of carbonyl (C=O) groups is 2. The fraction of sp³-hybridized carbons (Fsp3) is 0.136. The number of carbonyl (C=O) groups excluding carboxylic acids is 1. The molecule has 0 aliphatic heterocycles. The summed E-state index contributed by atoms with van der Waals surface area (Å²) in [5, 5.41) is 11.1. The Bertz CT molecular complexity index is 1320. The minimum absolute atomic E-state index is 0.0508. The second-order valence-corrected chi connectivity index (χ2v) is 7.80. The zero-order valence-electron chi connectivity index (χ0n) is 16.0. The summed E-state index contributed by atoms with van der Waals surface area (Å²) in [5.74, 6) is -4.12. The van der Waals surface area contributed by atoms with Crippen LogP contribution < -0.4 is 0 Å². The van der Waals surface area contributed by atoms with Crippen LogP contribution in [0.1, 0.15) is 37.7 Å². The number of hydrogen-bond donors (Lipinski definition) is 1. The molecule has 2 aromatic carbocycles. The lowest BCUT2D eigenvalue weighted by atomic mass is 10.0. The normalized spacial score (nSPS) is 11.2. The van der Waals surface area contributed by atoms with Gasteiger partial charge in [-0.3, -0.25) is 4.79 Å². The van der Waals surface area contributed by atoms with E-state index in [1.54, 1.807) is 12.1 Å². The van der Waals surface area contributed by atoms with Gasteiger partial charge in [-0.15, -0.1) is 11.3 Å². The molecule has 0 atom stereocenters. The van der Waals surface area contributed by atoms with E-state index in [4.69, 9.17) is 4.42 Å². The maximum Gasteiger partial charge on any atom is 0.337 e. The Morgan fingerprint density at radius 1 is 1.13 bits per heavy atom. The van der Waals surface area contributed by atoms with Crippen molar-refractivity contribution < 1.29 is 27.9 Å². The topological polar surface area (TPSA) is 80.4 Å². The molecule has 0 saturated heterocycles. The van der Waals surface area contributed by atoms with Crippen molar-refractivity contribution in [2.45, 2.75) is 20.3 Å². The number of Topliss-reactive ketones (excluding diaryl/α,β-unsaturated/α-hetero) is 1. The molecule has 4 aromatic rings. The van der Waals surface area contributed by atoms with E-state index in [1.165, 1.54) is 24.4 Å². The van der Waals surface area contributed by atoms with Crippen LogP contribution in [0.5, 0.6) is 0 Å². The number of carboxylic acids is 1. The van der Waals surface area contributed by atoms with Crippen LogP contribution in [-0.2, 0) is 6.42 Å². The predicted molar refractivity (Wildman–Crippen MR) is 108 cm³/mol. The van der Waals surface area contributed by atoms with Crippen LogP contribution in [0.15, 0.2) is 40.1 Å². The van der Waals surface area contributed by atoms with Crippen LogP contribution >= 0.6 is 11.3 Å². The zero-order chi connectivity index (χ0) is 21.6. The minimum Gasteiger partial charge on any atom is -0.478 e. The Labute approximate surface area is 173 Å². The standard InChI is InChI=1S/C22H15F2NO4S/c1-10-3-6-16-14(7-10)25-21(29-16)15(26)8-12-9-30-20(17(12)22(27)28)13-5-4-11(2)18(23)19(13)24/h3-7,9H,8H2,1-2H3,(H,27,28). The first-order chi connectivity index (χ1) is 14.3. The molecule has 0 bridgehead atoms. The Morgan fingerprint density at radius 2 is 1.90 bits per heavy atom. The molecule has 30 heavy (non-hydrogen) atoms. The van der Waals surface area contributed by atoms with Gasteiger partial charge in [-0.2, -0.15) is 0 Å². The Hall–Kier alpha value is -3.39. The van der Waals surface area contributed by atoms with Gasteiger partial charge in [0.2, 0.25) is 5.78 Å². The van der Waals surface area contributed by atoms with E-state index in [2.05, 4.69) is 4.98 Å². The van der Waals surface area contributed by atoms with Crippen LogP contribution in [0.2, 0.25) is 0 Å². The van der Waals surface area contributed by atoms with Crippen LogP contribution in [0, 0.1) is 25.5 Å². The summed E-state index contributed by atoms with van der Waals surface area (Å²) in [5.41, 5.74) is 1.85. The van der Waals surface area contributed by atoms with Crippen molar-refractivity contribution >= 4 is 34.2 Å². The smallest absolute Gasteiger partial charge is 0.337 e. The van der Waals surface area contributed by atoms with Gasteiger partial charge in [0.15, 0.2) is 17.2 Å². The highest BCUT2D eigenvalue weighted by Crippen LogP contribution is 2.36. The number of benzene rings is 2. The molecule has 4 rings (SSSR count). The van der Waals surface area contributed by atoms with Gasteiger partial charge in [-0.1, -0.05) is 18.2 Å². The molecule has 5 nitrogen and oxygen atoms in total. The van der Waals surface area contributed by atoms with E-state index in [1.807, 2.05) is 13.0 Å². The van der Waals surface area contributed by atoms with E-state index in [0.717, 1.165) is 16.9 Å².